The summed E-state index contributed by atoms with van der Waals surface area (Å²) in [6.45, 7) is 7.21. The number of aliphatic imine (C=N–C) groups is 1. The molecular weight excluding hydrogens is 382 g/mol. The highest BCUT2D eigenvalue weighted by Crippen LogP contribution is 2.24. The number of nitrogens with zero attached hydrogens (tertiary/aromatic N) is 2. The summed E-state index contributed by atoms with van der Waals surface area (Å²) in [6, 6.07) is 5.24. The largest absolute Gasteiger partial charge is 0.496 e. The van der Waals surface area contributed by atoms with Crippen LogP contribution in [0.1, 0.15) is 36.7 Å². The van der Waals surface area contributed by atoms with Gasteiger partial charge < -0.3 is 19.7 Å². The van der Waals surface area contributed by atoms with Crippen LogP contribution in [0.25, 0.3) is 0 Å². The molecule has 1 aromatic carbocycles. The molecule has 0 amide bonds. The van der Waals surface area contributed by atoms with Gasteiger partial charge in [-0.3, -0.25) is 0 Å². The van der Waals surface area contributed by atoms with Gasteiger partial charge in [0.2, 0.25) is 0 Å². The van der Waals surface area contributed by atoms with Gasteiger partial charge in [0, 0.05) is 19.6 Å². The Hall–Kier alpha value is -2.29. The number of carbonyl (C=O) groups is 1. The predicted octanol–water partition coefficient (Wildman–Crippen LogP) is 1.46. The highest BCUT2D eigenvalue weighted by atomic mass is 32.2. The summed E-state index contributed by atoms with van der Waals surface area (Å²) in [5, 5.41) is 3.22. The predicted molar refractivity (Wildman–Crippen MR) is 109 cm³/mol. The van der Waals surface area contributed by atoms with Crippen molar-refractivity contribution in [1.82, 2.24) is 10.2 Å². The maximum atomic E-state index is 12.3. The molecule has 2 rings (SSSR count). The molecule has 0 spiro atoms. The number of benzene rings is 1. The van der Waals surface area contributed by atoms with Gasteiger partial charge in [-0.1, -0.05) is 6.07 Å². The molecule has 0 unspecified atom stereocenters. The third-order valence-corrected chi connectivity index (χ3v) is 7.29. The van der Waals surface area contributed by atoms with E-state index in [9.17, 15) is 13.2 Å². The Labute approximate surface area is 166 Å². The molecule has 1 aliphatic heterocycles. The summed E-state index contributed by atoms with van der Waals surface area (Å²) in [6.07, 6.45) is 0. The van der Waals surface area contributed by atoms with Crippen LogP contribution in [-0.2, 0) is 21.1 Å². The zero-order valence-corrected chi connectivity index (χ0v) is 17.9. The molecular formula is C19H29N3O5S. The summed E-state index contributed by atoms with van der Waals surface area (Å²) in [7, 11) is -0.308. The average Bonchev–Trinajstić information content (AvgIpc) is 2.66. The Kier molecular flexibility index (Phi) is 6.92. The van der Waals surface area contributed by atoms with E-state index in [2.05, 4.69) is 10.3 Å². The average molecular weight is 412 g/mol. The normalized spacial score (nSPS) is 18.5. The fourth-order valence-electron chi connectivity index (χ4n) is 3.04. The quantitative estimate of drug-likeness (QED) is 0.445. The van der Waals surface area contributed by atoms with Crippen LogP contribution in [0.4, 0.5) is 0 Å². The first kappa shape index (κ1) is 22.0. The summed E-state index contributed by atoms with van der Waals surface area (Å²) in [5.41, 5.74) is 1.16. The van der Waals surface area contributed by atoms with Crippen molar-refractivity contribution in [3.8, 4) is 5.75 Å². The number of esters is 1. The van der Waals surface area contributed by atoms with Crippen LogP contribution < -0.4 is 10.1 Å². The lowest BCUT2D eigenvalue weighted by Crippen LogP contribution is -2.57. The maximum absolute atomic E-state index is 12.3. The molecule has 0 radical (unpaired) electrons. The number of rotatable bonds is 5. The van der Waals surface area contributed by atoms with E-state index in [1.807, 2.05) is 17.9 Å². The number of guanidine groups is 1. The number of ether oxygens (including phenoxy) is 2. The highest BCUT2D eigenvalue weighted by Gasteiger charge is 2.40. The second kappa shape index (κ2) is 8.81. The molecule has 1 aromatic rings. The first-order valence-corrected chi connectivity index (χ1v) is 10.8. The van der Waals surface area contributed by atoms with Crippen molar-refractivity contribution in [2.24, 2.45) is 4.99 Å². The number of methoxy groups -OCH3 is 2. The summed E-state index contributed by atoms with van der Waals surface area (Å²) < 4.78 is 33.7. The molecule has 28 heavy (non-hydrogen) atoms. The van der Waals surface area contributed by atoms with Crippen molar-refractivity contribution in [2.75, 3.05) is 39.6 Å². The van der Waals surface area contributed by atoms with E-state index >= 15 is 0 Å². The van der Waals surface area contributed by atoms with Crippen LogP contribution >= 0.6 is 0 Å². The second-order valence-electron chi connectivity index (χ2n) is 7.20. The van der Waals surface area contributed by atoms with Crippen molar-refractivity contribution in [3.05, 3.63) is 29.3 Å². The van der Waals surface area contributed by atoms with Gasteiger partial charge in [0.25, 0.3) is 0 Å². The highest BCUT2D eigenvalue weighted by molar-refractivity contribution is 7.92. The third kappa shape index (κ3) is 4.76. The molecule has 1 aliphatic rings. The minimum atomic E-state index is -3.12. The number of hydrogen-bond acceptors (Lipinski definition) is 6. The number of hydrogen-bond donors (Lipinski definition) is 1. The SMILES string of the molecule is CCNC(=NCc1ccc(OC)c(C(=O)OC)c1)N1CCS(=O)(=O)C(C)(C)C1. The van der Waals surface area contributed by atoms with Crippen LogP contribution in [-0.4, -0.2) is 69.6 Å². The van der Waals surface area contributed by atoms with Gasteiger partial charge in [-0.15, -0.1) is 0 Å². The van der Waals surface area contributed by atoms with E-state index in [0.717, 1.165) is 5.56 Å². The summed E-state index contributed by atoms with van der Waals surface area (Å²) in [5.74, 6) is 0.715. The fourth-order valence-corrected chi connectivity index (χ4v) is 4.41. The smallest absolute Gasteiger partial charge is 0.341 e. The standard InChI is InChI=1S/C19H29N3O5S/c1-6-20-18(22-9-10-28(24,25)19(2,3)13-22)21-12-14-7-8-16(26-4)15(11-14)17(23)27-5/h7-8,11H,6,9-10,12-13H2,1-5H3,(H,20,21). The van der Waals surface area contributed by atoms with Gasteiger partial charge >= 0.3 is 5.97 Å². The van der Waals surface area contributed by atoms with Gasteiger partial charge in [0.1, 0.15) is 11.3 Å². The van der Waals surface area contributed by atoms with Crippen LogP contribution in [0.5, 0.6) is 5.75 Å². The molecule has 1 N–H and O–H groups in total. The first-order valence-electron chi connectivity index (χ1n) is 9.16. The molecule has 0 bridgehead atoms. The molecule has 0 atom stereocenters. The number of carbonyl (C=O) groups excluding carboxylic acids is 1. The van der Waals surface area contributed by atoms with Crippen molar-refractivity contribution in [2.45, 2.75) is 32.1 Å². The molecule has 0 aromatic heterocycles. The lowest BCUT2D eigenvalue weighted by atomic mass is 10.1. The van der Waals surface area contributed by atoms with Gasteiger partial charge in [-0.25, -0.2) is 18.2 Å². The Morgan fingerprint density at radius 2 is 2.04 bits per heavy atom. The van der Waals surface area contributed by atoms with Crippen LogP contribution in [0.2, 0.25) is 0 Å². The van der Waals surface area contributed by atoms with Crippen LogP contribution in [0.3, 0.4) is 0 Å². The summed E-state index contributed by atoms with van der Waals surface area (Å²) in [4.78, 5) is 18.6. The van der Waals surface area contributed by atoms with E-state index in [1.165, 1.54) is 14.2 Å². The van der Waals surface area contributed by atoms with Gasteiger partial charge in [0.05, 0.1) is 31.3 Å². The lowest BCUT2D eigenvalue weighted by molar-refractivity contribution is 0.0597. The van der Waals surface area contributed by atoms with E-state index in [-0.39, 0.29) is 5.75 Å². The molecule has 156 valence electrons. The molecule has 0 saturated carbocycles. The van der Waals surface area contributed by atoms with E-state index < -0.39 is 20.6 Å². The Morgan fingerprint density at radius 3 is 2.61 bits per heavy atom. The van der Waals surface area contributed by atoms with Crippen molar-refractivity contribution >= 4 is 21.8 Å². The van der Waals surface area contributed by atoms with Gasteiger partial charge in [-0.05, 0) is 38.5 Å². The molecule has 1 heterocycles. The van der Waals surface area contributed by atoms with Crippen molar-refractivity contribution in [1.29, 1.82) is 0 Å². The van der Waals surface area contributed by atoms with E-state index in [0.29, 0.717) is 43.5 Å². The summed E-state index contributed by atoms with van der Waals surface area (Å²) >= 11 is 0. The minimum Gasteiger partial charge on any atom is -0.496 e. The third-order valence-electron chi connectivity index (χ3n) is 4.76. The molecule has 1 fully saturated rings. The Morgan fingerprint density at radius 1 is 1.32 bits per heavy atom. The second-order valence-corrected chi connectivity index (χ2v) is 9.94. The van der Waals surface area contributed by atoms with E-state index in [1.54, 1.807) is 26.0 Å². The Balaban J connectivity index is 2.25. The van der Waals surface area contributed by atoms with E-state index in [4.69, 9.17) is 9.47 Å². The fraction of sp³-hybridized carbons (Fsp3) is 0.579. The molecule has 1 saturated heterocycles. The number of sulfone groups is 1. The molecule has 9 heteroatoms. The maximum Gasteiger partial charge on any atom is 0.341 e. The molecule has 0 aliphatic carbocycles. The van der Waals surface area contributed by atoms with Gasteiger partial charge in [0.15, 0.2) is 15.8 Å². The zero-order chi connectivity index (χ0) is 20.9. The first-order chi connectivity index (χ1) is 13.1. The van der Waals surface area contributed by atoms with Crippen LogP contribution in [0.15, 0.2) is 23.2 Å². The lowest BCUT2D eigenvalue weighted by Gasteiger charge is -2.39. The minimum absolute atomic E-state index is 0.0967. The number of nitrogens with one attached hydrogen (secondary N) is 1. The zero-order valence-electron chi connectivity index (χ0n) is 17.1. The van der Waals surface area contributed by atoms with Crippen LogP contribution in [0, 0.1) is 0 Å². The Bertz CT molecular complexity index is 849. The van der Waals surface area contributed by atoms with Crippen molar-refractivity contribution in [3.63, 3.8) is 0 Å². The topological polar surface area (TPSA) is 97.3 Å². The molecule has 8 nitrogen and oxygen atoms in total. The monoisotopic (exact) mass is 411 g/mol. The van der Waals surface area contributed by atoms with Crippen molar-refractivity contribution < 1.29 is 22.7 Å². The van der Waals surface area contributed by atoms with Gasteiger partial charge in [-0.2, -0.15) is 0 Å².